The van der Waals surface area contributed by atoms with Crippen LogP contribution in [0.3, 0.4) is 0 Å². The summed E-state index contributed by atoms with van der Waals surface area (Å²) in [5.74, 6) is 0.789. The Hall–Kier alpha value is -1.60. The summed E-state index contributed by atoms with van der Waals surface area (Å²) < 4.78 is 0. The highest BCUT2D eigenvalue weighted by Crippen LogP contribution is 2.22. The zero-order valence-electron chi connectivity index (χ0n) is 7.07. The van der Waals surface area contributed by atoms with Gasteiger partial charge in [0.1, 0.15) is 11.9 Å². The van der Waals surface area contributed by atoms with Crippen molar-refractivity contribution < 1.29 is 0 Å². The van der Waals surface area contributed by atoms with Crippen molar-refractivity contribution in [3.63, 3.8) is 0 Å². The largest absolute Gasteiger partial charge is 0.366 e. The molecule has 4 heteroatoms. The van der Waals surface area contributed by atoms with Crippen LogP contribution in [0.1, 0.15) is 12.0 Å². The van der Waals surface area contributed by atoms with E-state index in [-0.39, 0.29) is 6.04 Å². The number of hydrogen-bond acceptors (Lipinski definition) is 4. The number of nitriles is 1. The Morgan fingerprint density at radius 3 is 2.85 bits per heavy atom. The first-order valence-electron chi connectivity index (χ1n) is 4.18. The second-order valence-electron chi connectivity index (χ2n) is 3.19. The molecule has 2 unspecified atom stereocenters. The van der Waals surface area contributed by atoms with E-state index >= 15 is 0 Å². The summed E-state index contributed by atoms with van der Waals surface area (Å²) in [6, 6.07) is 6.17. The van der Waals surface area contributed by atoms with Crippen molar-refractivity contribution in [2.45, 2.75) is 18.5 Å². The summed E-state index contributed by atoms with van der Waals surface area (Å²) in [5, 5.41) is 11.7. The van der Waals surface area contributed by atoms with Crippen molar-refractivity contribution in [3.8, 4) is 6.07 Å². The van der Waals surface area contributed by atoms with Crippen molar-refractivity contribution >= 4 is 5.82 Å². The van der Waals surface area contributed by atoms with Crippen LogP contribution < -0.4 is 11.1 Å². The van der Waals surface area contributed by atoms with E-state index in [1.807, 2.05) is 6.07 Å². The molecule has 1 aliphatic carbocycles. The minimum Gasteiger partial charge on any atom is -0.366 e. The van der Waals surface area contributed by atoms with Crippen LogP contribution in [0.2, 0.25) is 0 Å². The standard InChI is InChI=1S/C9H10N4/c10-4-6-1-2-9(12-5-6)13-8-3-7(8)11/h1-2,5,7-8H,3,11H2,(H,12,13). The van der Waals surface area contributed by atoms with Crippen molar-refractivity contribution in [1.82, 2.24) is 4.98 Å². The third-order valence-electron chi connectivity index (χ3n) is 2.07. The van der Waals surface area contributed by atoms with Gasteiger partial charge in [0.15, 0.2) is 0 Å². The molecule has 2 rings (SSSR count). The molecule has 13 heavy (non-hydrogen) atoms. The van der Waals surface area contributed by atoms with Crippen molar-refractivity contribution in [1.29, 1.82) is 5.26 Å². The number of anilines is 1. The molecule has 0 amide bonds. The third kappa shape index (κ3) is 1.76. The molecule has 3 N–H and O–H groups in total. The molecule has 1 aromatic heterocycles. The van der Waals surface area contributed by atoms with E-state index in [1.54, 1.807) is 18.3 Å². The first-order chi connectivity index (χ1) is 6.29. The van der Waals surface area contributed by atoms with Gasteiger partial charge >= 0.3 is 0 Å². The molecule has 0 saturated heterocycles. The minimum atomic E-state index is 0.262. The first kappa shape index (κ1) is 8.02. The zero-order valence-corrected chi connectivity index (χ0v) is 7.07. The highest BCUT2D eigenvalue weighted by Gasteiger charge is 2.33. The lowest BCUT2D eigenvalue weighted by Gasteiger charge is -2.02. The molecular formula is C9H10N4. The number of aromatic nitrogens is 1. The number of pyridine rings is 1. The van der Waals surface area contributed by atoms with Gasteiger partial charge in [0.25, 0.3) is 0 Å². The third-order valence-corrected chi connectivity index (χ3v) is 2.07. The highest BCUT2D eigenvalue weighted by atomic mass is 15.1. The zero-order chi connectivity index (χ0) is 9.26. The molecule has 0 bridgehead atoms. The normalized spacial score (nSPS) is 24.9. The molecule has 0 aromatic carbocycles. The van der Waals surface area contributed by atoms with Crippen molar-refractivity contribution in [2.75, 3.05) is 5.32 Å². The Bertz CT molecular complexity index is 338. The Morgan fingerprint density at radius 2 is 2.38 bits per heavy atom. The number of nitrogens with one attached hydrogen (secondary N) is 1. The predicted octanol–water partition coefficient (Wildman–Crippen LogP) is 0.465. The number of rotatable bonds is 2. The topological polar surface area (TPSA) is 74.7 Å². The van der Waals surface area contributed by atoms with Gasteiger partial charge in [0.2, 0.25) is 0 Å². The SMILES string of the molecule is N#Cc1ccc(NC2CC2N)nc1. The molecule has 0 aliphatic heterocycles. The Labute approximate surface area is 76.4 Å². The minimum absolute atomic E-state index is 0.262. The molecule has 1 aliphatic rings. The summed E-state index contributed by atoms with van der Waals surface area (Å²) in [4.78, 5) is 4.07. The van der Waals surface area contributed by atoms with Crippen LogP contribution in [0.4, 0.5) is 5.82 Å². The van der Waals surface area contributed by atoms with E-state index in [2.05, 4.69) is 10.3 Å². The maximum absolute atomic E-state index is 8.53. The maximum Gasteiger partial charge on any atom is 0.126 e. The van der Waals surface area contributed by atoms with Crippen LogP contribution in [0.5, 0.6) is 0 Å². The van der Waals surface area contributed by atoms with Crippen LogP contribution in [0.15, 0.2) is 18.3 Å². The average Bonchev–Trinajstić information content (AvgIpc) is 2.83. The van der Waals surface area contributed by atoms with E-state index in [1.165, 1.54) is 0 Å². The summed E-state index contributed by atoms with van der Waals surface area (Å²) >= 11 is 0. The lowest BCUT2D eigenvalue weighted by molar-refractivity contribution is 0.996. The van der Waals surface area contributed by atoms with Crippen LogP contribution in [-0.2, 0) is 0 Å². The van der Waals surface area contributed by atoms with Gasteiger partial charge in [-0.3, -0.25) is 0 Å². The van der Waals surface area contributed by atoms with E-state index in [9.17, 15) is 0 Å². The van der Waals surface area contributed by atoms with Gasteiger partial charge in [0, 0.05) is 18.3 Å². The lowest BCUT2D eigenvalue weighted by atomic mass is 10.3. The quantitative estimate of drug-likeness (QED) is 0.683. The van der Waals surface area contributed by atoms with Crippen LogP contribution >= 0.6 is 0 Å². The summed E-state index contributed by atoms with van der Waals surface area (Å²) in [5.41, 5.74) is 6.20. The maximum atomic E-state index is 8.53. The van der Waals surface area contributed by atoms with Gasteiger partial charge in [-0.25, -0.2) is 4.98 Å². The number of hydrogen-bond donors (Lipinski definition) is 2. The molecule has 1 fully saturated rings. The van der Waals surface area contributed by atoms with Gasteiger partial charge in [0.05, 0.1) is 5.56 Å². The van der Waals surface area contributed by atoms with Gasteiger partial charge in [-0.15, -0.1) is 0 Å². The van der Waals surface area contributed by atoms with Crippen LogP contribution in [0, 0.1) is 11.3 Å². The van der Waals surface area contributed by atoms with Gasteiger partial charge in [-0.1, -0.05) is 0 Å². The van der Waals surface area contributed by atoms with E-state index in [0.717, 1.165) is 12.2 Å². The Morgan fingerprint density at radius 1 is 1.62 bits per heavy atom. The highest BCUT2D eigenvalue weighted by molar-refractivity contribution is 5.41. The number of nitrogens with zero attached hydrogens (tertiary/aromatic N) is 2. The van der Waals surface area contributed by atoms with E-state index < -0.39 is 0 Å². The smallest absolute Gasteiger partial charge is 0.126 e. The fourth-order valence-electron chi connectivity index (χ4n) is 1.12. The Balaban J connectivity index is 2.02. The van der Waals surface area contributed by atoms with E-state index in [4.69, 9.17) is 11.0 Å². The van der Waals surface area contributed by atoms with E-state index in [0.29, 0.717) is 11.6 Å². The van der Waals surface area contributed by atoms with Gasteiger partial charge < -0.3 is 11.1 Å². The molecular weight excluding hydrogens is 164 g/mol. The van der Waals surface area contributed by atoms with Crippen LogP contribution in [-0.4, -0.2) is 17.1 Å². The summed E-state index contributed by atoms with van der Waals surface area (Å²) in [6.07, 6.45) is 2.55. The van der Waals surface area contributed by atoms with Crippen molar-refractivity contribution in [2.24, 2.45) is 5.73 Å². The van der Waals surface area contributed by atoms with Gasteiger partial charge in [-0.05, 0) is 18.6 Å². The molecule has 1 aromatic rings. The molecule has 1 saturated carbocycles. The first-order valence-corrected chi connectivity index (χ1v) is 4.18. The molecule has 4 nitrogen and oxygen atoms in total. The monoisotopic (exact) mass is 174 g/mol. The molecule has 66 valence electrons. The molecule has 0 radical (unpaired) electrons. The second kappa shape index (κ2) is 3.04. The molecule has 2 atom stereocenters. The summed E-state index contributed by atoms with van der Waals surface area (Å²) in [6.45, 7) is 0. The summed E-state index contributed by atoms with van der Waals surface area (Å²) in [7, 11) is 0. The lowest BCUT2D eigenvalue weighted by Crippen LogP contribution is -2.13. The average molecular weight is 174 g/mol. The number of nitrogens with two attached hydrogens (primary N) is 1. The molecule has 0 spiro atoms. The van der Waals surface area contributed by atoms with Crippen molar-refractivity contribution in [3.05, 3.63) is 23.9 Å². The Kier molecular flexibility index (Phi) is 1.87. The fourth-order valence-corrected chi connectivity index (χ4v) is 1.12. The van der Waals surface area contributed by atoms with Gasteiger partial charge in [-0.2, -0.15) is 5.26 Å². The van der Waals surface area contributed by atoms with Crippen LogP contribution in [0.25, 0.3) is 0 Å². The second-order valence-corrected chi connectivity index (χ2v) is 3.19. The molecule has 1 heterocycles. The fraction of sp³-hybridized carbons (Fsp3) is 0.333. The predicted molar refractivity (Wildman–Crippen MR) is 49.0 cm³/mol.